The average molecular weight is 450 g/mol. The first-order chi connectivity index (χ1) is 13.2. The zero-order valence-corrected chi connectivity index (χ0v) is 17.8. The quantitative estimate of drug-likeness (QED) is 0.545. The van der Waals surface area contributed by atoms with Crippen molar-refractivity contribution in [1.82, 2.24) is 0 Å². The van der Waals surface area contributed by atoms with Gasteiger partial charge >= 0.3 is 5.97 Å². The van der Waals surface area contributed by atoms with E-state index >= 15 is 0 Å². The number of esters is 1. The number of carbonyl (C=O) groups is 2. The van der Waals surface area contributed by atoms with Crippen molar-refractivity contribution in [1.29, 1.82) is 0 Å². The molecule has 6 nitrogen and oxygen atoms in total. The molecule has 1 atom stereocenters. The van der Waals surface area contributed by atoms with Gasteiger partial charge in [-0.25, -0.2) is 4.79 Å². The summed E-state index contributed by atoms with van der Waals surface area (Å²) in [6.45, 7) is 4.39. The predicted molar refractivity (Wildman–Crippen MR) is 107 cm³/mol. The Morgan fingerprint density at radius 1 is 1.25 bits per heavy atom. The molecule has 0 bridgehead atoms. The van der Waals surface area contributed by atoms with Crippen LogP contribution in [0.4, 0.5) is 0 Å². The Balaban J connectivity index is 2.07. The largest absolute Gasteiger partial charge is 0.460 e. The van der Waals surface area contributed by atoms with Gasteiger partial charge in [-0.2, -0.15) is 0 Å². The van der Waals surface area contributed by atoms with E-state index in [1.807, 2.05) is 38.1 Å². The van der Waals surface area contributed by atoms with Crippen molar-refractivity contribution in [3.05, 3.63) is 57.1 Å². The molecule has 2 aliphatic rings. The summed E-state index contributed by atoms with van der Waals surface area (Å²) in [6.07, 6.45) is 0.960. The number of ether oxygens (including phenoxy) is 3. The fraction of sp³-hybridized carbons (Fsp3) is 0.429. The minimum absolute atomic E-state index is 0.0143. The lowest BCUT2D eigenvalue weighted by atomic mass is 9.70. The second-order valence-corrected chi connectivity index (χ2v) is 8.69. The van der Waals surface area contributed by atoms with E-state index in [1.54, 1.807) is 0 Å². The molecule has 7 heteroatoms. The lowest BCUT2D eigenvalue weighted by Gasteiger charge is -2.38. The Hall–Kier alpha value is -2.12. The maximum atomic E-state index is 13.0. The van der Waals surface area contributed by atoms with Gasteiger partial charge < -0.3 is 19.9 Å². The summed E-state index contributed by atoms with van der Waals surface area (Å²) < 4.78 is 16.9. The second kappa shape index (κ2) is 8.09. The van der Waals surface area contributed by atoms with Crippen LogP contribution in [0.5, 0.6) is 0 Å². The summed E-state index contributed by atoms with van der Waals surface area (Å²) in [7, 11) is 1.52. The van der Waals surface area contributed by atoms with Gasteiger partial charge in [-0.1, -0.05) is 41.9 Å². The third-order valence-corrected chi connectivity index (χ3v) is 5.43. The standard InChI is InChI=1S/C21H24BrNO5/c1-21(2)10-14(24)17-15(11-21)28-19(23)18(20(25)27-9-8-26-3)16(17)12-4-6-13(22)7-5-12/h4-7,16H,8-11,23H2,1-3H3/t16-/m1/s1. The third-order valence-electron chi connectivity index (χ3n) is 4.90. The fourth-order valence-corrected chi connectivity index (χ4v) is 3.93. The maximum Gasteiger partial charge on any atom is 0.340 e. The molecule has 1 aromatic carbocycles. The molecule has 0 amide bonds. The third kappa shape index (κ3) is 4.15. The van der Waals surface area contributed by atoms with Crippen molar-refractivity contribution in [2.75, 3.05) is 20.3 Å². The summed E-state index contributed by atoms with van der Waals surface area (Å²) in [5.74, 6) is -0.726. The molecule has 0 saturated carbocycles. The predicted octanol–water partition coefficient (Wildman–Crippen LogP) is 3.57. The number of methoxy groups -OCH3 is 1. The number of benzene rings is 1. The number of hydrogen-bond acceptors (Lipinski definition) is 6. The Morgan fingerprint density at radius 3 is 2.57 bits per heavy atom. The van der Waals surface area contributed by atoms with E-state index in [0.29, 0.717) is 24.2 Å². The summed E-state index contributed by atoms with van der Waals surface area (Å²) in [6, 6.07) is 7.47. The summed E-state index contributed by atoms with van der Waals surface area (Å²) in [4.78, 5) is 25.9. The number of hydrogen-bond donors (Lipinski definition) is 1. The molecule has 1 heterocycles. The highest BCUT2D eigenvalue weighted by molar-refractivity contribution is 9.10. The van der Waals surface area contributed by atoms with Crippen LogP contribution in [0.15, 0.2) is 51.5 Å². The monoisotopic (exact) mass is 449 g/mol. The SMILES string of the molecule is COCCOC(=O)C1=C(N)OC2=C(C(=O)CC(C)(C)C2)[C@H]1c1ccc(Br)cc1. The van der Waals surface area contributed by atoms with Gasteiger partial charge in [0.05, 0.1) is 12.5 Å². The van der Waals surface area contributed by atoms with E-state index in [2.05, 4.69) is 15.9 Å². The first kappa shape index (κ1) is 20.6. The molecule has 0 aromatic heterocycles. The molecule has 1 aromatic rings. The highest BCUT2D eigenvalue weighted by atomic mass is 79.9. The van der Waals surface area contributed by atoms with Crippen LogP contribution in [0.2, 0.25) is 0 Å². The molecule has 0 fully saturated rings. The first-order valence-electron chi connectivity index (χ1n) is 9.09. The Kier molecular flexibility index (Phi) is 5.95. The number of halogens is 1. The van der Waals surface area contributed by atoms with E-state index in [1.165, 1.54) is 7.11 Å². The molecular formula is C21H24BrNO5. The summed E-state index contributed by atoms with van der Waals surface area (Å²) in [5.41, 5.74) is 7.37. The van der Waals surface area contributed by atoms with Crippen LogP contribution in [0.1, 0.15) is 38.2 Å². The molecule has 150 valence electrons. The van der Waals surface area contributed by atoms with Crippen LogP contribution in [-0.4, -0.2) is 32.1 Å². The molecule has 0 saturated heterocycles. The van der Waals surface area contributed by atoms with Crippen LogP contribution in [-0.2, 0) is 23.8 Å². The van der Waals surface area contributed by atoms with Gasteiger partial charge in [0.25, 0.3) is 0 Å². The van der Waals surface area contributed by atoms with Crippen LogP contribution in [0.25, 0.3) is 0 Å². The molecule has 3 rings (SSSR count). The smallest absolute Gasteiger partial charge is 0.340 e. The highest BCUT2D eigenvalue weighted by Crippen LogP contribution is 2.48. The number of allylic oxidation sites excluding steroid dienone is 2. The zero-order valence-electron chi connectivity index (χ0n) is 16.2. The number of carbonyl (C=O) groups excluding carboxylic acids is 2. The summed E-state index contributed by atoms with van der Waals surface area (Å²) >= 11 is 3.42. The molecule has 0 unspecified atom stereocenters. The zero-order chi connectivity index (χ0) is 20.5. The van der Waals surface area contributed by atoms with Gasteiger partial charge in [-0.3, -0.25) is 4.79 Å². The van der Waals surface area contributed by atoms with Gasteiger partial charge in [0, 0.05) is 30.0 Å². The maximum absolute atomic E-state index is 13.0. The highest BCUT2D eigenvalue weighted by Gasteiger charge is 2.45. The Morgan fingerprint density at radius 2 is 1.93 bits per heavy atom. The van der Waals surface area contributed by atoms with Gasteiger partial charge in [0.2, 0.25) is 5.88 Å². The molecular weight excluding hydrogens is 426 g/mol. The van der Waals surface area contributed by atoms with Crippen molar-refractivity contribution in [3.8, 4) is 0 Å². The van der Waals surface area contributed by atoms with Gasteiger partial charge in [-0.15, -0.1) is 0 Å². The Bertz CT molecular complexity index is 854. The Labute approximate surface area is 172 Å². The van der Waals surface area contributed by atoms with Crippen molar-refractivity contribution >= 4 is 27.7 Å². The molecule has 28 heavy (non-hydrogen) atoms. The number of rotatable bonds is 5. The number of Topliss-reactive ketones (excluding diaryl/α,β-unsaturated/α-hetero) is 1. The van der Waals surface area contributed by atoms with Crippen molar-refractivity contribution in [2.45, 2.75) is 32.6 Å². The molecule has 2 N–H and O–H groups in total. The second-order valence-electron chi connectivity index (χ2n) is 7.77. The van der Waals surface area contributed by atoms with Crippen molar-refractivity contribution in [2.24, 2.45) is 11.1 Å². The van der Waals surface area contributed by atoms with Crippen LogP contribution >= 0.6 is 15.9 Å². The fourth-order valence-electron chi connectivity index (χ4n) is 3.67. The van der Waals surface area contributed by atoms with Gasteiger partial charge in [0.15, 0.2) is 5.78 Å². The van der Waals surface area contributed by atoms with E-state index in [0.717, 1.165) is 10.0 Å². The summed E-state index contributed by atoms with van der Waals surface area (Å²) in [5, 5.41) is 0. The van der Waals surface area contributed by atoms with E-state index < -0.39 is 11.9 Å². The minimum Gasteiger partial charge on any atom is -0.460 e. The lowest BCUT2D eigenvalue weighted by Crippen LogP contribution is -2.35. The normalized spacial score (nSPS) is 21.3. The van der Waals surface area contributed by atoms with Gasteiger partial charge in [-0.05, 0) is 23.1 Å². The molecule has 0 radical (unpaired) electrons. The van der Waals surface area contributed by atoms with Gasteiger partial charge in [0.1, 0.15) is 17.9 Å². The first-order valence-corrected chi connectivity index (χ1v) is 9.88. The van der Waals surface area contributed by atoms with Crippen LogP contribution < -0.4 is 5.73 Å². The number of nitrogens with two attached hydrogens (primary N) is 1. The minimum atomic E-state index is -0.615. The van der Waals surface area contributed by atoms with E-state index in [-0.39, 0.29) is 35.9 Å². The van der Waals surface area contributed by atoms with E-state index in [4.69, 9.17) is 19.9 Å². The van der Waals surface area contributed by atoms with E-state index in [9.17, 15) is 9.59 Å². The lowest BCUT2D eigenvalue weighted by molar-refractivity contribution is -0.140. The topological polar surface area (TPSA) is 87.8 Å². The average Bonchev–Trinajstić information content (AvgIpc) is 2.60. The number of ketones is 1. The van der Waals surface area contributed by atoms with Crippen LogP contribution in [0.3, 0.4) is 0 Å². The molecule has 1 aliphatic heterocycles. The van der Waals surface area contributed by atoms with Crippen molar-refractivity contribution < 1.29 is 23.8 Å². The molecule has 1 aliphatic carbocycles. The van der Waals surface area contributed by atoms with Crippen molar-refractivity contribution in [3.63, 3.8) is 0 Å². The molecule has 0 spiro atoms. The van der Waals surface area contributed by atoms with Crippen LogP contribution in [0, 0.1) is 5.41 Å².